The standard InChI is InChI=1S/C18H13F2NO2/c1-9-5-10(2)17-13(6-9)14(18(22)23)8-16(21-17)12-4-3-11(19)7-15(12)20/h3-8H,1-2H3,(H,22,23). The van der Waals surface area contributed by atoms with E-state index in [2.05, 4.69) is 4.98 Å². The maximum Gasteiger partial charge on any atom is 0.336 e. The first-order valence-electron chi connectivity index (χ1n) is 6.97. The van der Waals surface area contributed by atoms with Crippen LogP contribution in [0.1, 0.15) is 21.5 Å². The number of carbonyl (C=O) groups is 1. The van der Waals surface area contributed by atoms with Crippen LogP contribution in [0.15, 0.2) is 36.4 Å². The van der Waals surface area contributed by atoms with Gasteiger partial charge in [0.1, 0.15) is 11.6 Å². The molecule has 0 unspecified atom stereocenters. The van der Waals surface area contributed by atoms with Gasteiger partial charge in [0.05, 0.1) is 16.8 Å². The van der Waals surface area contributed by atoms with Crippen molar-refractivity contribution in [1.29, 1.82) is 0 Å². The van der Waals surface area contributed by atoms with E-state index in [1.54, 1.807) is 6.07 Å². The number of pyridine rings is 1. The monoisotopic (exact) mass is 313 g/mol. The van der Waals surface area contributed by atoms with E-state index < -0.39 is 17.6 Å². The molecule has 1 heterocycles. The molecule has 1 N–H and O–H groups in total. The van der Waals surface area contributed by atoms with Gasteiger partial charge in [-0.2, -0.15) is 0 Å². The highest BCUT2D eigenvalue weighted by molar-refractivity contribution is 6.04. The number of nitrogens with zero attached hydrogens (tertiary/aromatic N) is 1. The molecule has 3 nitrogen and oxygen atoms in total. The summed E-state index contributed by atoms with van der Waals surface area (Å²) in [6, 6.07) is 8.07. The third kappa shape index (κ3) is 2.65. The van der Waals surface area contributed by atoms with Crippen molar-refractivity contribution in [3.05, 3.63) is 64.7 Å². The van der Waals surface area contributed by atoms with Crippen molar-refractivity contribution in [2.45, 2.75) is 13.8 Å². The van der Waals surface area contributed by atoms with Crippen LogP contribution in [0, 0.1) is 25.5 Å². The molecule has 0 aliphatic rings. The number of hydrogen-bond acceptors (Lipinski definition) is 2. The number of hydrogen-bond donors (Lipinski definition) is 1. The molecule has 2 aromatic carbocycles. The zero-order valence-corrected chi connectivity index (χ0v) is 12.5. The predicted octanol–water partition coefficient (Wildman–Crippen LogP) is 4.50. The van der Waals surface area contributed by atoms with E-state index in [-0.39, 0.29) is 16.8 Å². The second-order valence-electron chi connectivity index (χ2n) is 5.46. The molecule has 0 saturated heterocycles. The van der Waals surface area contributed by atoms with Crippen LogP contribution >= 0.6 is 0 Å². The van der Waals surface area contributed by atoms with E-state index in [1.165, 1.54) is 12.1 Å². The zero-order chi connectivity index (χ0) is 16.7. The molecule has 23 heavy (non-hydrogen) atoms. The van der Waals surface area contributed by atoms with Crippen molar-refractivity contribution in [2.24, 2.45) is 0 Å². The van der Waals surface area contributed by atoms with Gasteiger partial charge in [0.2, 0.25) is 0 Å². The maximum absolute atomic E-state index is 14.0. The molecule has 0 radical (unpaired) electrons. The number of carboxylic acids is 1. The van der Waals surface area contributed by atoms with Crippen LogP contribution in [0.4, 0.5) is 8.78 Å². The number of carboxylic acid groups (broad SMARTS) is 1. The Kier molecular flexibility index (Phi) is 3.56. The average Bonchev–Trinajstić information content (AvgIpc) is 2.46. The van der Waals surface area contributed by atoms with Crippen LogP contribution in [-0.2, 0) is 0 Å². The van der Waals surface area contributed by atoms with Crippen LogP contribution in [0.25, 0.3) is 22.2 Å². The van der Waals surface area contributed by atoms with Gasteiger partial charge in [0.25, 0.3) is 0 Å². The number of aryl methyl sites for hydroxylation is 2. The molecule has 0 bridgehead atoms. The molecule has 3 rings (SSSR count). The van der Waals surface area contributed by atoms with Gasteiger partial charge in [-0.05, 0) is 43.7 Å². The van der Waals surface area contributed by atoms with Crippen LogP contribution in [0.5, 0.6) is 0 Å². The smallest absolute Gasteiger partial charge is 0.336 e. The summed E-state index contributed by atoms with van der Waals surface area (Å²) < 4.78 is 27.1. The van der Waals surface area contributed by atoms with Crippen LogP contribution in [0.2, 0.25) is 0 Å². The molecule has 0 amide bonds. The number of benzene rings is 2. The van der Waals surface area contributed by atoms with Crippen LogP contribution in [0.3, 0.4) is 0 Å². The fourth-order valence-corrected chi connectivity index (χ4v) is 2.69. The highest BCUT2D eigenvalue weighted by Gasteiger charge is 2.16. The summed E-state index contributed by atoms with van der Waals surface area (Å²) in [6.07, 6.45) is 0. The highest BCUT2D eigenvalue weighted by atomic mass is 19.1. The Balaban J connectivity index is 2.37. The normalized spacial score (nSPS) is 11.0. The molecule has 0 saturated carbocycles. The predicted molar refractivity (Wildman–Crippen MR) is 83.5 cm³/mol. The van der Waals surface area contributed by atoms with Gasteiger partial charge < -0.3 is 5.11 Å². The number of rotatable bonds is 2. The molecule has 0 atom stereocenters. The van der Waals surface area contributed by atoms with Crippen LogP contribution < -0.4 is 0 Å². The molecule has 0 spiro atoms. The van der Waals surface area contributed by atoms with E-state index >= 15 is 0 Å². The Morgan fingerprint density at radius 1 is 1.09 bits per heavy atom. The van der Waals surface area contributed by atoms with E-state index in [0.29, 0.717) is 10.9 Å². The molecule has 5 heteroatoms. The molecule has 0 aliphatic heterocycles. The van der Waals surface area contributed by atoms with Gasteiger partial charge in [0, 0.05) is 17.0 Å². The highest BCUT2D eigenvalue weighted by Crippen LogP contribution is 2.29. The SMILES string of the molecule is Cc1cc(C)c2nc(-c3ccc(F)cc3F)cc(C(=O)O)c2c1. The summed E-state index contributed by atoms with van der Waals surface area (Å²) in [4.78, 5) is 16.0. The van der Waals surface area contributed by atoms with Crippen molar-refractivity contribution in [3.63, 3.8) is 0 Å². The van der Waals surface area contributed by atoms with Gasteiger partial charge in [-0.1, -0.05) is 11.6 Å². The fraction of sp³-hybridized carbons (Fsp3) is 0.111. The Labute approximate surface area is 131 Å². The van der Waals surface area contributed by atoms with Gasteiger partial charge in [0.15, 0.2) is 0 Å². The van der Waals surface area contributed by atoms with Gasteiger partial charge in [-0.3, -0.25) is 0 Å². The van der Waals surface area contributed by atoms with Crippen molar-refractivity contribution in [2.75, 3.05) is 0 Å². The summed E-state index contributed by atoms with van der Waals surface area (Å²) in [7, 11) is 0. The van der Waals surface area contributed by atoms with Crippen molar-refractivity contribution >= 4 is 16.9 Å². The molecule has 0 fully saturated rings. The Morgan fingerprint density at radius 2 is 1.83 bits per heavy atom. The van der Waals surface area contributed by atoms with Gasteiger partial charge in [-0.15, -0.1) is 0 Å². The average molecular weight is 313 g/mol. The summed E-state index contributed by atoms with van der Waals surface area (Å²) in [5.41, 5.74) is 2.48. The number of halogens is 2. The van der Waals surface area contributed by atoms with Crippen molar-refractivity contribution < 1.29 is 18.7 Å². The van der Waals surface area contributed by atoms with E-state index in [1.807, 2.05) is 19.9 Å². The molecule has 116 valence electrons. The minimum Gasteiger partial charge on any atom is -0.478 e. The Hall–Kier alpha value is -2.82. The summed E-state index contributed by atoms with van der Waals surface area (Å²) in [5, 5.41) is 9.97. The van der Waals surface area contributed by atoms with E-state index in [4.69, 9.17) is 0 Å². The Morgan fingerprint density at radius 3 is 2.48 bits per heavy atom. The van der Waals surface area contributed by atoms with E-state index in [9.17, 15) is 18.7 Å². The number of aromatic nitrogens is 1. The maximum atomic E-state index is 14.0. The van der Waals surface area contributed by atoms with Crippen molar-refractivity contribution in [3.8, 4) is 11.3 Å². The largest absolute Gasteiger partial charge is 0.478 e. The minimum atomic E-state index is -1.12. The lowest BCUT2D eigenvalue weighted by Gasteiger charge is -2.11. The molecule has 0 aliphatic carbocycles. The number of fused-ring (bicyclic) bond motifs is 1. The lowest BCUT2D eigenvalue weighted by atomic mass is 9.99. The summed E-state index contributed by atoms with van der Waals surface area (Å²) >= 11 is 0. The summed E-state index contributed by atoms with van der Waals surface area (Å²) in [5.74, 6) is -2.60. The van der Waals surface area contributed by atoms with Crippen LogP contribution in [-0.4, -0.2) is 16.1 Å². The first kappa shape index (κ1) is 15.1. The molecule has 1 aromatic heterocycles. The molecular formula is C18H13F2NO2. The zero-order valence-electron chi connectivity index (χ0n) is 12.5. The second kappa shape index (κ2) is 5.43. The number of aromatic carboxylic acids is 1. The lowest BCUT2D eigenvalue weighted by molar-refractivity contribution is 0.0699. The molecular weight excluding hydrogens is 300 g/mol. The first-order valence-corrected chi connectivity index (χ1v) is 6.97. The molecule has 3 aromatic rings. The van der Waals surface area contributed by atoms with Gasteiger partial charge >= 0.3 is 5.97 Å². The minimum absolute atomic E-state index is 0.0422. The van der Waals surface area contributed by atoms with E-state index in [0.717, 1.165) is 23.3 Å². The third-order valence-corrected chi connectivity index (χ3v) is 3.69. The fourth-order valence-electron chi connectivity index (χ4n) is 2.69. The Bertz CT molecular complexity index is 951. The van der Waals surface area contributed by atoms with Crippen molar-refractivity contribution in [1.82, 2.24) is 4.98 Å². The van der Waals surface area contributed by atoms with Gasteiger partial charge in [-0.25, -0.2) is 18.6 Å². The quantitative estimate of drug-likeness (QED) is 0.758. The topological polar surface area (TPSA) is 50.2 Å². The summed E-state index contributed by atoms with van der Waals surface area (Å²) in [6.45, 7) is 3.68. The third-order valence-electron chi connectivity index (χ3n) is 3.69. The second-order valence-corrected chi connectivity index (χ2v) is 5.46. The lowest BCUT2D eigenvalue weighted by Crippen LogP contribution is -2.02. The first-order chi connectivity index (χ1) is 10.9.